The van der Waals surface area contributed by atoms with E-state index in [2.05, 4.69) is 10.6 Å². The highest BCUT2D eigenvalue weighted by molar-refractivity contribution is 6.03. The highest BCUT2D eigenvalue weighted by Gasteiger charge is 2.36. The topological polar surface area (TPSA) is 105 Å². The fourth-order valence-electron chi connectivity index (χ4n) is 3.52. The Bertz CT molecular complexity index is 1060. The minimum atomic E-state index is -1.04. The monoisotopic (exact) mass is 449 g/mol. The van der Waals surface area contributed by atoms with Crippen molar-refractivity contribution < 1.29 is 23.9 Å². The van der Waals surface area contributed by atoms with E-state index < -0.39 is 29.7 Å². The highest BCUT2D eigenvalue weighted by Crippen LogP contribution is 2.17. The predicted octanol–water partition coefficient (Wildman–Crippen LogP) is 1.93. The normalized spacial score (nSPS) is 16.1. The van der Waals surface area contributed by atoms with E-state index in [0.29, 0.717) is 0 Å². The van der Waals surface area contributed by atoms with Crippen molar-refractivity contribution in [2.75, 3.05) is 13.1 Å². The van der Waals surface area contributed by atoms with Gasteiger partial charge in [0, 0.05) is 20.0 Å². The molecule has 8 heteroatoms. The smallest absolute Gasteiger partial charge is 0.308 e. The molecule has 0 saturated carbocycles. The van der Waals surface area contributed by atoms with Crippen molar-refractivity contribution in [1.82, 2.24) is 15.5 Å². The van der Waals surface area contributed by atoms with Crippen molar-refractivity contribution in [3.63, 3.8) is 0 Å². The number of carbonyl (C=O) groups is 4. The van der Waals surface area contributed by atoms with Crippen LogP contribution in [0.2, 0.25) is 0 Å². The van der Waals surface area contributed by atoms with E-state index in [4.69, 9.17) is 4.74 Å². The van der Waals surface area contributed by atoms with E-state index >= 15 is 0 Å². The Morgan fingerprint density at radius 2 is 1.82 bits per heavy atom. The van der Waals surface area contributed by atoms with E-state index in [0.717, 1.165) is 16.7 Å². The molecule has 1 atom stereocenters. The molecule has 1 aliphatic rings. The number of nitrogens with zero attached hydrogens (tertiary/aromatic N) is 1. The molecule has 0 bridgehead atoms. The molecule has 1 aliphatic heterocycles. The summed E-state index contributed by atoms with van der Waals surface area (Å²) in [6.07, 6.45) is 1.29. The van der Waals surface area contributed by atoms with Gasteiger partial charge in [0.25, 0.3) is 5.91 Å². The second kappa shape index (κ2) is 11.1. The van der Waals surface area contributed by atoms with Crippen molar-refractivity contribution in [3.8, 4) is 0 Å². The summed E-state index contributed by atoms with van der Waals surface area (Å²) in [5, 5.41) is 5.26. The first-order chi connectivity index (χ1) is 15.8. The summed E-state index contributed by atoms with van der Waals surface area (Å²) >= 11 is 0. The molecule has 8 nitrogen and oxygen atoms in total. The van der Waals surface area contributed by atoms with Gasteiger partial charge >= 0.3 is 5.97 Å². The number of amides is 3. The van der Waals surface area contributed by atoms with Crippen LogP contribution in [0.25, 0.3) is 6.08 Å². The molecule has 1 fully saturated rings. The molecule has 0 radical (unpaired) electrons. The summed E-state index contributed by atoms with van der Waals surface area (Å²) in [5.74, 6) is -1.99. The van der Waals surface area contributed by atoms with Gasteiger partial charge < -0.3 is 20.3 Å². The highest BCUT2D eigenvalue weighted by atomic mass is 16.5. The number of ether oxygens (including phenoxy) is 1. The average molecular weight is 450 g/mol. The van der Waals surface area contributed by atoms with Gasteiger partial charge in [0.05, 0.1) is 6.42 Å². The van der Waals surface area contributed by atoms with Gasteiger partial charge in [-0.25, -0.2) is 0 Å². The van der Waals surface area contributed by atoms with Gasteiger partial charge in [0.15, 0.2) is 0 Å². The molecule has 0 spiro atoms. The Morgan fingerprint density at radius 3 is 2.52 bits per heavy atom. The summed E-state index contributed by atoms with van der Waals surface area (Å²) < 4.78 is 5.30. The van der Waals surface area contributed by atoms with Crippen LogP contribution in [-0.2, 0) is 30.5 Å². The van der Waals surface area contributed by atoms with Crippen LogP contribution in [0, 0.1) is 6.92 Å². The molecular formula is C25H27N3O5. The van der Waals surface area contributed by atoms with E-state index in [1.807, 2.05) is 61.5 Å². The van der Waals surface area contributed by atoms with Gasteiger partial charge in [-0.05, 0) is 29.7 Å². The van der Waals surface area contributed by atoms with Crippen molar-refractivity contribution in [3.05, 3.63) is 77.0 Å². The lowest BCUT2D eigenvalue weighted by Crippen LogP contribution is -2.58. The van der Waals surface area contributed by atoms with Gasteiger partial charge in [-0.1, -0.05) is 54.6 Å². The summed E-state index contributed by atoms with van der Waals surface area (Å²) in [5.41, 5.74) is 2.54. The lowest BCUT2D eigenvalue weighted by atomic mass is 10.1. The summed E-state index contributed by atoms with van der Waals surface area (Å²) in [6.45, 7) is 3.72. The zero-order valence-electron chi connectivity index (χ0n) is 18.7. The zero-order valence-corrected chi connectivity index (χ0v) is 18.7. The summed E-state index contributed by atoms with van der Waals surface area (Å²) in [4.78, 5) is 51.5. The molecule has 1 unspecified atom stereocenters. The number of piperazine rings is 1. The van der Waals surface area contributed by atoms with Gasteiger partial charge in [0.2, 0.25) is 11.8 Å². The third-order valence-corrected chi connectivity index (χ3v) is 5.22. The van der Waals surface area contributed by atoms with Crippen LogP contribution in [0.4, 0.5) is 0 Å². The summed E-state index contributed by atoms with van der Waals surface area (Å²) in [6, 6.07) is 15.6. The van der Waals surface area contributed by atoms with E-state index in [1.165, 1.54) is 11.8 Å². The SMILES string of the molecule is CC(=O)NC(=Cc1ccccc1C)C(=O)N1CCNC(=O)C1CC(=O)OCc1ccccc1. The molecule has 1 heterocycles. The van der Waals surface area contributed by atoms with Crippen LogP contribution < -0.4 is 10.6 Å². The van der Waals surface area contributed by atoms with E-state index in [9.17, 15) is 19.2 Å². The number of aryl methyl sites for hydroxylation is 1. The van der Waals surface area contributed by atoms with Crippen LogP contribution in [0.3, 0.4) is 0 Å². The molecular weight excluding hydrogens is 422 g/mol. The van der Waals surface area contributed by atoms with Gasteiger partial charge in [-0.3, -0.25) is 19.2 Å². The fourth-order valence-corrected chi connectivity index (χ4v) is 3.52. The number of rotatable bonds is 7. The zero-order chi connectivity index (χ0) is 23.8. The second-order valence-electron chi connectivity index (χ2n) is 7.75. The summed E-state index contributed by atoms with van der Waals surface area (Å²) in [7, 11) is 0. The maximum absolute atomic E-state index is 13.4. The van der Waals surface area contributed by atoms with Gasteiger partial charge in [-0.2, -0.15) is 0 Å². The molecule has 2 N–H and O–H groups in total. The van der Waals surface area contributed by atoms with E-state index in [1.54, 1.807) is 6.08 Å². The Labute approximate surface area is 192 Å². The lowest BCUT2D eigenvalue weighted by Gasteiger charge is -2.35. The quantitative estimate of drug-likeness (QED) is 0.497. The molecule has 3 rings (SSSR count). The van der Waals surface area contributed by atoms with Gasteiger partial charge in [-0.15, -0.1) is 0 Å². The molecule has 0 aromatic heterocycles. The molecule has 33 heavy (non-hydrogen) atoms. The molecule has 172 valence electrons. The van der Waals surface area contributed by atoms with Crippen LogP contribution in [0.5, 0.6) is 0 Å². The van der Waals surface area contributed by atoms with Gasteiger partial charge in [0.1, 0.15) is 18.3 Å². The lowest BCUT2D eigenvalue weighted by molar-refractivity contribution is -0.152. The molecule has 0 aliphatic carbocycles. The maximum Gasteiger partial charge on any atom is 0.308 e. The molecule has 1 saturated heterocycles. The Kier molecular flexibility index (Phi) is 7.96. The number of esters is 1. The van der Waals surface area contributed by atoms with Crippen molar-refractivity contribution in [1.29, 1.82) is 0 Å². The third-order valence-electron chi connectivity index (χ3n) is 5.22. The minimum absolute atomic E-state index is 0.0363. The predicted molar refractivity (Wildman–Crippen MR) is 122 cm³/mol. The van der Waals surface area contributed by atoms with Crippen molar-refractivity contribution >= 4 is 29.8 Å². The van der Waals surface area contributed by atoms with Crippen LogP contribution >= 0.6 is 0 Å². The first-order valence-electron chi connectivity index (χ1n) is 10.7. The van der Waals surface area contributed by atoms with Crippen molar-refractivity contribution in [2.45, 2.75) is 32.9 Å². The molecule has 3 amide bonds. The average Bonchev–Trinajstić information content (AvgIpc) is 2.80. The largest absolute Gasteiger partial charge is 0.461 e. The minimum Gasteiger partial charge on any atom is -0.461 e. The number of nitrogens with one attached hydrogen (secondary N) is 2. The van der Waals surface area contributed by atoms with Crippen LogP contribution in [0.1, 0.15) is 30.0 Å². The number of hydrogen-bond acceptors (Lipinski definition) is 5. The first kappa shape index (κ1) is 23.7. The Morgan fingerprint density at radius 1 is 1.12 bits per heavy atom. The van der Waals surface area contributed by atoms with Crippen molar-refractivity contribution in [2.24, 2.45) is 0 Å². The van der Waals surface area contributed by atoms with Crippen LogP contribution in [-0.4, -0.2) is 47.7 Å². The molecule has 2 aromatic rings. The standard InChI is InChI=1S/C25H27N3O5/c1-17-8-6-7-11-20(17)14-21(27-18(2)29)25(32)28-13-12-26-24(31)22(28)15-23(30)33-16-19-9-4-3-5-10-19/h3-11,14,22H,12-13,15-16H2,1-2H3,(H,26,31)(H,27,29). The van der Waals surface area contributed by atoms with E-state index in [-0.39, 0.29) is 31.8 Å². The maximum atomic E-state index is 13.4. The number of benzene rings is 2. The number of carbonyl (C=O) groups excluding carboxylic acids is 4. The Balaban J connectivity index is 1.78. The second-order valence-corrected chi connectivity index (χ2v) is 7.75. The number of hydrogen-bond donors (Lipinski definition) is 2. The third kappa shape index (κ3) is 6.52. The van der Waals surface area contributed by atoms with Crippen LogP contribution in [0.15, 0.2) is 60.3 Å². The molecule has 2 aromatic carbocycles. The first-order valence-corrected chi connectivity index (χ1v) is 10.7. The Hall–Kier alpha value is -3.94. The fraction of sp³-hybridized carbons (Fsp3) is 0.280.